The first-order valence-corrected chi connectivity index (χ1v) is 8.53. The highest BCUT2D eigenvalue weighted by Gasteiger charge is 2.23. The monoisotopic (exact) mass is 312 g/mol. The molecule has 0 bridgehead atoms. The maximum Gasteiger partial charge on any atom is 0.251 e. The number of hydrogen-bond donors (Lipinski definition) is 1. The summed E-state index contributed by atoms with van der Waals surface area (Å²) in [6.45, 7) is 7.54. The van der Waals surface area contributed by atoms with Crippen LogP contribution in [0.15, 0.2) is 29.2 Å². The Balaban J connectivity index is 2.95. The summed E-state index contributed by atoms with van der Waals surface area (Å²) in [4.78, 5) is 12.1. The molecule has 1 aromatic carbocycles. The van der Waals surface area contributed by atoms with Crippen LogP contribution in [0.3, 0.4) is 0 Å². The highest BCUT2D eigenvalue weighted by Crippen LogP contribution is 2.17. The van der Waals surface area contributed by atoms with Gasteiger partial charge >= 0.3 is 0 Å². The molecule has 0 fully saturated rings. The van der Waals surface area contributed by atoms with E-state index in [4.69, 9.17) is 0 Å². The lowest BCUT2D eigenvalue weighted by Gasteiger charge is -2.21. The molecule has 0 aliphatic rings. The van der Waals surface area contributed by atoms with Gasteiger partial charge in [-0.3, -0.25) is 4.79 Å². The Morgan fingerprint density at radius 1 is 1.19 bits per heavy atom. The average Bonchev–Trinajstić information content (AvgIpc) is 2.46. The highest BCUT2D eigenvalue weighted by atomic mass is 32.2. The molecule has 0 heterocycles. The molecular weight excluding hydrogens is 288 g/mol. The number of rotatable bonds is 6. The third-order valence-electron chi connectivity index (χ3n) is 3.51. The van der Waals surface area contributed by atoms with Crippen LogP contribution in [0.2, 0.25) is 0 Å². The van der Waals surface area contributed by atoms with Crippen molar-refractivity contribution in [2.75, 3.05) is 7.05 Å². The minimum absolute atomic E-state index is 0.0907. The van der Waals surface area contributed by atoms with Crippen LogP contribution in [0, 0.1) is 0 Å². The Labute approximate surface area is 127 Å². The van der Waals surface area contributed by atoms with Gasteiger partial charge in [0.05, 0.1) is 4.90 Å². The van der Waals surface area contributed by atoms with Crippen molar-refractivity contribution in [1.82, 2.24) is 9.62 Å². The van der Waals surface area contributed by atoms with Gasteiger partial charge in [0.25, 0.3) is 5.91 Å². The van der Waals surface area contributed by atoms with Gasteiger partial charge in [-0.2, -0.15) is 4.31 Å². The quantitative estimate of drug-likeness (QED) is 0.876. The largest absolute Gasteiger partial charge is 0.350 e. The summed E-state index contributed by atoms with van der Waals surface area (Å²) < 4.78 is 25.9. The molecule has 5 nitrogen and oxygen atoms in total. The second-order valence-corrected chi connectivity index (χ2v) is 7.42. The maximum absolute atomic E-state index is 12.3. The van der Waals surface area contributed by atoms with E-state index in [1.165, 1.54) is 16.4 Å². The Morgan fingerprint density at radius 3 is 2.14 bits per heavy atom. The first-order chi connectivity index (χ1) is 9.70. The van der Waals surface area contributed by atoms with Gasteiger partial charge in [0.15, 0.2) is 0 Å². The lowest BCUT2D eigenvalue weighted by atomic mass is 10.2. The number of sulfonamides is 1. The minimum atomic E-state index is -3.51. The van der Waals surface area contributed by atoms with E-state index in [-0.39, 0.29) is 22.9 Å². The number of hydrogen-bond acceptors (Lipinski definition) is 3. The van der Waals surface area contributed by atoms with Crippen molar-refractivity contribution in [1.29, 1.82) is 0 Å². The van der Waals surface area contributed by atoms with Gasteiger partial charge in [0.1, 0.15) is 0 Å². The fraction of sp³-hybridized carbons (Fsp3) is 0.533. The molecule has 1 unspecified atom stereocenters. The summed E-state index contributed by atoms with van der Waals surface area (Å²) in [5.74, 6) is -0.189. The number of amides is 1. The Hall–Kier alpha value is -1.40. The van der Waals surface area contributed by atoms with Crippen LogP contribution in [0.1, 0.15) is 44.5 Å². The van der Waals surface area contributed by atoms with Gasteiger partial charge in [0, 0.05) is 24.7 Å². The van der Waals surface area contributed by atoms with E-state index >= 15 is 0 Å². The van der Waals surface area contributed by atoms with Crippen LogP contribution in [0.25, 0.3) is 0 Å². The molecular formula is C15H24N2O3S. The maximum atomic E-state index is 12.3. The van der Waals surface area contributed by atoms with Crippen LogP contribution in [0.4, 0.5) is 0 Å². The summed E-state index contributed by atoms with van der Waals surface area (Å²) in [7, 11) is -1.96. The molecule has 118 valence electrons. The predicted molar refractivity (Wildman–Crippen MR) is 83.7 cm³/mol. The van der Waals surface area contributed by atoms with Crippen molar-refractivity contribution < 1.29 is 13.2 Å². The number of nitrogens with one attached hydrogen (secondary N) is 1. The van der Waals surface area contributed by atoms with Crippen LogP contribution in [-0.2, 0) is 10.0 Å². The van der Waals surface area contributed by atoms with Crippen LogP contribution < -0.4 is 5.32 Å². The standard InChI is InChI=1S/C15H24N2O3S/c1-6-12(4)16-15(18)13-7-9-14(10-8-13)21(19,20)17(5)11(2)3/h7-12H,6H2,1-5H3,(H,16,18). The third kappa shape index (κ3) is 4.28. The van der Waals surface area contributed by atoms with Crippen molar-refractivity contribution in [3.8, 4) is 0 Å². The first kappa shape index (κ1) is 17.7. The van der Waals surface area contributed by atoms with E-state index in [1.54, 1.807) is 19.2 Å². The summed E-state index contributed by atoms with van der Waals surface area (Å²) >= 11 is 0. The molecule has 0 aliphatic heterocycles. The van der Waals surface area contributed by atoms with E-state index in [9.17, 15) is 13.2 Å². The lowest BCUT2D eigenvalue weighted by Crippen LogP contribution is -2.33. The van der Waals surface area contributed by atoms with E-state index in [2.05, 4.69) is 5.32 Å². The topological polar surface area (TPSA) is 66.5 Å². The smallest absolute Gasteiger partial charge is 0.251 e. The Morgan fingerprint density at radius 2 is 1.71 bits per heavy atom. The average molecular weight is 312 g/mol. The number of benzene rings is 1. The van der Waals surface area contributed by atoms with Crippen molar-refractivity contribution in [2.24, 2.45) is 0 Å². The molecule has 0 saturated heterocycles. The molecule has 1 N–H and O–H groups in total. The molecule has 1 aromatic rings. The van der Waals surface area contributed by atoms with Gasteiger partial charge < -0.3 is 5.32 Å². The summed E-state index contributed by atoms with van der Waals surface area (Å²) in [6.07, 6.45) is 0.845. The molecule has 0 spiro atoms. The van der Waals surface area contributed by atoms with E-state index in [1.807, 2.05) is 27.7 Å². The molecule has 0 saturated carbocycles. The summed E-state index contributed by atoms with van der Waals surface area (Å²) in [6, 6.07) is 5.99. The predicted octanol–water partition coefficient (Wildman–Crippen LogP) is 2.24. The van der Waals surface area contributed by atoms with Gasteiger partial charge in [-0.15, -0.1) is 0 Å². The van der Waals surface area contributed by atoms with E-state index < -0.39 is 10.0 Å². The number of nitrogens with zero attached hydrogens (tertiary/aromatic N) is 1. The number of carbonyl (C=O) groups excluding carboxylic acids is 1. The zero-order valence-corrected chi connectivity index (χ0v) is 14.1. The highest BCUT2D eigenvalue weighted by molar-refractivity contribution is 7.89. The zero-order valence-electron chi connectivity index (χ0n) is 13.3. The lowest BCUT2D eigenvalue weighted by molar-refractivity contribution is 0.0939. The fourth-order valence-electron chi connectivity index (χ4n) is 1.63. The van der Waals surface area contributed by atoms with E-state index in [0.29, 0.717) is 5.56 Å². The fourth-order valence-corrected chi connectivity index (χ4v) is 3.00. The zero-order chi connectivity index (χ0) is 16.2. The number of carbonyl (C=O) groups is 1. The second kappa shape index (κ2) is 7.04. The van der Waals surface area contributed by atoms with Crippen molar-refractivity contribution >= 4 is 15.9 Å². The molecule has 1 atom stereocenters. The molecule has 1 amide bonds. The van der Waals surface area contributed by atoms with Crippen molar-refractivity contribution in [2.45, 2.75) is 51.1 Å². The first-order valence-electron chi connectivity index (χ1n) is 7.09. The normalized spacial score (nSPS) is 13.5. The Kier molecular flexibility index (Phi) is 5.92. The van der Waals surface area contributed by atoms with Gasteiger partial charge in [-0.25, -0.2) is 8.42 Å². The molecule has 0 aliphatic carbocycles. The summed E-state index contributed by atoms with van der Waals surface area (Å²) in [5, 5.41) is 2.85. The van der Waals surface area contributed by atoms with Gasteiger partial charge in [-0.1, -0.05) is 6.92 Å². The molecule has 21 heavy (non-hydrogen) atoms. The van der Waals surface area contributed by atoms with Gasteiger partial charge in [0.2, 0.25) is 10.0 Å². The van der Waals surface area contributed by atoms with E-state index in [0.717, 1.165) is 6.42 Å². The minimum Gasteiger partial charge on any atom is -0.350 e. The molecule has 0 aromatic heterocycles. The summed E-state index contributed by atoms with van der Waals surface area (Å²) in [5.41, 5.74) is 0.460. The third-order valence-corrected chi connectivity index (χ3v) is 5.56. The van der Waals surface area contributed by atoms with Crippen LogP contribution in [0.5, 0.6) is 0 Å². The van der Waals surface area contributed by atoms with Crippen molar-refractivity contribution in [3.63, 3.8) is 0 Å². The van der Waals surface area contributed by atoms with Crippen molar-refractivity contribution in [3.05, 3.63) is 29.8 Å². The molecule has 0 radical (unpaired) electrons. The molecule has 6 heteroatoms. The van der Waals surface area contributed by atoms with Crippen LogP contribution in [-0.4, -0.2) is 37.8 Å². The SMILES string of the molecule is CCC(C)NC(=O)c1ccc(S(=O)(=O)N(C)C(C)C)cc1. The Bertz CT molecular complexity index is 579. The molecule has 1 rings (SSSR count). The van der Waals surface area contributed by atoms with Gasteiger partial charge in [-0.05, 0) is 51.5 Å². The second-order valence-electron chi connectivity index (χ2n) is 5.42. The van der Waals surface area contributed by atoms with Crippen LogP contribution >= 0.6 is 0 Å².